The minimum Gasteiger partial charge on any atom is -0.390 e. The molecule has 3 N–H and O–H groups in total. The first kappa shape index (κ1) is 13.4. The predicted molar refractivity (Wildman–Crippen MR) is 60.9 cm³/mol. The van der Waals surface area contributed by atoms with Gasteiger partial charge in [-0.2, -0.15) is 0 Å². The van der Waals surface area contributed by atoms with Crippen molar-refractivity contribution in [3.63, 3.8) is 0 Å². The Morgan fingerprint density at radius 1 is 1.44 bits per heavy atom. The van der Waals surface area contributed by atoms with E-state index in [1.807, 2.05) is 0 Å². The fourth-order valence-corrected chi connectivity index (χ4v) is 1.59. The van der Waals surface area contributed by atoms with Crippen LogP contribution in [0.15, 0.2) is 18.2 Å². The van der Waals surface area contributed by atoms with Crippen molar-refractivity contribution >= 4 is 11.6 Å². The van der Waals surface area contributed by atoms with Crippen LogP contribution in [0, 0.1) is 5.82 Å². The summed E-state index contributed by atoms with van der Waals surface area (Å²) in [5.41, 5.74) is 0.0242. The van der Waals surface area contributed by atoms with Gasteiger partial charge >= 0.3 is 0 Å². The molecular formula is C11H15ClFNO2. The summed E-state index contributed by atoms with van der Waals surface area (Å²) in [6.07, 6.45) is -1.93. The molecule has 5 heteroatoms. The lowest BCUT2D eigenvalue weighted by atomic mass is 10.0. The SMILES string of the molecule is CNCCC(O)C(O)c1cccc(Cl)c1F. The molecule has 0 bridgehead atoms. The van der Waals surface area contributed by atoms with E-state index in [1.54, 1.807) is 7.05 Å². The Hall–Kier alpha value is -0.680. The van der Waals surface area contributed by atoms with Gasteiger partial charge in [-0.15, -0.1) is 0 Å². The lowest BCUT2D eigenvalue weighted by molar-refractivity contribution is 0.0120. The van der Waals surface area contributed by atoms with Crippen LogP contribution in [-0.4, -0.2) is 29.9 Å². The Kier molecular flexibility index (Phi) is 5.15. The Morgan fingerprint density at radius 2 is 2.12 bits per heavy atom. The maximum atomic E-state index is 13.5. The minimum absolute atomic E-state index is 0.0242. The number of halogens is 2. The fraction of sp³-hybridized carbons (Fsp3) is 0.455. The summed E-state index contributed by atoms with van der Waals surface area (Å²) in [5, 5.41) is 22.1. The second kappa shape index (κ2) is 6.15. The van der Waals surface area contributed by atoms with Crippen molar-refractivity contribution in [3.8, 4) is 0 Å². The first-order chi connectivity index (χ1) is 7.57. The van der Waals surface area contributed by atoms with Gasteiger partial charge in [0.2, 0.25) is 0 Å². The van der Waals surface area contributed by atoms with E-state index in [-0.39, 0.29) is 10.6 Å². The molecule has 0 amide bonds. The van der Waals surface area contributed by atoms with Crippen molar-refractivity contribution in [2.75, 3.05) is 13.6 Å². The summed E-state index contributed by atoms with van der Waals surface area (Å²) in [5.74, 6) is -0.680. The van der Waals surface area contributed by atoms with E-state index in [9.17, 15) is 14.6 Å². The molecule has 90 valence electrons. The Morgan fingerprint density at radius 3 is 2.75 bits per heavy atom. The molecule has 0 radical (unpaired) electrons. The maximum absolute atomic E-state index is 13.5. The zero-order valence-corrected chi connectivity index (χ0v) is 9.71. The van der Waals surface area contributed by atoms with Gasteiger partial charge in [-0.05, 0) is 26.1 Å². The lowest BCUT2D eigenvalue weighted by Gasteiger charge is -2.18. The molecular weight excluding hydrogens is 233 g/mol. The third-order valence-electron chi connectivity index (χ3n) is 2.35. The molecule has 16 heavy (non-hydrogen) atoms. The van der Waals surface area contributed by atoms with Crippen molar-refractivity contribution in [3.05, 3.63) is 34.6 Å². The summed E-state index contributed by atoms with van der Waals surface area (Å²) >= 11 is 5.59. The van der Waals surface area contributed by atoms with E-state index < -0.39 is 18.0 Å². The Labute approximate surface area is 98.9 Å². The highest BCUT2D eigenvalue weighted by Crippen LogP contribution is 2.26. The standard InChI is InChI=1S/C11H15ClFNO2/c1-14-6-5-9(15)11(16)7-3-2-4-8(12)10(7)13/h2-4,9,11,14-16H,5-6H2,1H3. The van der Waals surface area contributed by atoms with Crippen molar-refractivity contribution in [2.24, 2.45) is 0 Å². The molecule has 2 atom stereocenters. The van der Waals surface area contributed by atoms with Crippen molar-refractivity contribution in [2.45, 2.75) is 18.6 Å². The molecule has 0 aromatic heterocycles. The quantitative estimate of drug-likeness (QED) is 0.739. The van der Waals surface area contributed by atoms with Gasteiger partial charge in [0.1, 0.15) is 11.9 Å². The van der Waals surface area contributed by atoms with Crippen LogP contribution in [0.4, 0.5) is 4.39 Å². The minimum atomic E-state index is -1.26. The van der Waals surface area contributed by atoms with E-state index in [1.165, 1.54) is 18.2 Å². The van der Waals surface area contributed by atoms with Crippen molar-refractivity contribution in [1.82, 2.24) is 5.32 Å². The monoisotopic (exact) mass is 247 g/mol. The molecule has 2 unspecified atom stereocenters. The molecule has 0 fully saturated rings. The van der Waals surface area contributed by atoms with Crippen molar-refractivity contribution in [1.29, 1.82) is 0 Å². The summed E-state index contributed by atoms with van der Waals surface area (Å²) in [6, 6.07) is 4.34. The van der Waals surface area contributed by atoms with Crippen LogP contribution in [-0.2, 0) is 0 Å². The first-order valence-electron chi connectivity index (χ1n) is 5.02. The Bertz CT molecular complexity index is 349. The average molecular weight is 248 g/mol. The number of nitrogens with one attached hydrogen (secondary N) is 1. The lowest BCUT2D eigenvalue weighted by Crippen LogP contribution is -2.24. The van der Waals surface area contributed by atoms with Crippen LogP contribution < -0.4 is 5.32 Å². The zero-order chi connectivity index (χ0) is 12.1. The van der Waals surface area contributed by atoms with Crippen LogP contribution >= 0.6 is 11.6 Å². The van der Waals surface area contributed by atoms with Crippen LogP contribution in [0.3, 0.4) is 0 Å². The molecule has 3 nitrogen and oxygen atoms in total. The van der Waals surface area contributed by atoms with Gasteiger partial charge in [0, 0.05) is 5.56 Å². The van der Waals surface area contributed by atoms with Gasteiger partial charge in [-0.1, -0.05) is 23.7 Å². The summed E-state index contributed by atoms with van der Waals surface area (Å²) in [7, 11) is 1.74. The fourth-order valence-electron chi connectivity index (χ4n) is 1.41. The molecule has 0 saturated carbocycles. The van der Waals surface area contributed by atoms with Crippen LogP contribution in [0.2, 0.25) is 5.02 Å². The molecule has 0 aliphatic rings. The molecule has 0 aliphatic heterocycles. The second-order valence-electron chi connectivity index (χ2n) is 3.55. The number of hydrogen-bond acceptors (Lipinski definition) is 3. The third-order valence-corrected chi connectivity index (χ3v) is 2.65. The van der Waals surface area contributed by atoms with Crippen LogP contribution in [0.5, 0.6) is 0 Å². The van der Waals surface area contributed by atoms with Gasteiger partial charge < -0.3 is 15.5 Å². The highest BCUT2D eigenvalue weighted by molar-refractivity contribution is 6.30. The van der Waals surface area contributed by atoms with Crippen LogP contribution in [0.1, 0.15) is 18.1 Å². The topological polar surface area (TPSA) is 52.5 Å². The van der Waals surface area contributed by atoms with Gasteiger partial charge in [0.25, 0.3) is 0 Å². The van der Waals surface area contributed by atoms with E-state index in [4.69, 9.17) is 11.6 Å². The van der Waals surface area contributed by atoms with Crippen LogP contribution in [0.25, 0.3) is 0 Å². The van der Waals surface area contributed by atoms with Gasteiger partial charge in [0.15, 0.2) is 0 Å². The molecule has 1 aromatic carbocycles. The number of hydrogen-bond donors (Lipinski definition) is 3. The van der Waals surface area contributed by atoms with E-state index in [0.717, 1.165) is 0 Å². The van der Waals surface area contributed by atoms with Gasteiger partial charge in [-0.3, -0.25) is 0 Å². The number of aliphatic hydroxyl groups excluding tert-OH is 2. The summed E-state index contributed by atoms with van der Waals surface area (Å²) in [4.78, 5) is 0. The molecule has 0 spiro atoms. The highest BCUT2D eigenvalue weighted by atomic mass is 35.5. The number of benzene rings is 1. The number of rotatable bonds is 5. The van der Waals surface area contributed by atoms with E-state index in [2.05, 4.69) is 5.32 Å². The smallest absolute Gasteiger partial charge is 0.147 e. The molecule has 1 rings (SSSR count). The van der Waals surface area contributed by atoms with Gasteiger partial charge in [0.05, 0.1) is 11.1 Å². The van der Waals surface area contributed by atoms with Gasteiger partial charge in [-0.25, -0.2) is 4.39 Å². The number of aliphatic hydroxyl groups is 2. The largest absolute Gasteiger partial charge is 0.390 e. The molecule has 1 aromatic rings. The highest BCUT2D eigenvalue weighted by Gasteiger charge is 2.21. The summed E-state index contributed by atoms with van der Waals surface area (Å²) in [6.45, 7) is 0.542. The first-order valence-corrected chi connectivity index (χ1v) is 5.40. The molecule has 0 aliphatic carbocycles. The van der Waals surface area contributed by atoms with E-state index in [0.29, 0.717) is 13.0 Å². The Balaban J connectivity index is 2.79. The third kappa shape index (κ3) is 3.15. The molecule has 0 saturated heterocycles. The van der Waals surface area contributed by atoms with E-state index >= 15 is 0 Å². The zero-order valence-electron chi connectivity index (χ0n) is 8.95. The van der Waals surface area contributed by atoms with Crippen molar-refractivity contribution < 1.29 is 14.6 Å². The maximum Gasteiger partial charge on any atom is 0.147 e. The normalized spacial score (nSPS) is 14.8. The second-order valence-corrected chi connectivity index (χ2v) is 3.95. The summed E-state index contributed by atoms with van der Waals surface area (Å²) < 4.78 is 13.5. The predicted octanol–water partition coefficient (Wildman–Crippen LogP) is 1.48. The molecule has 0 heterocycles. The average Bonchev–Trinajstić information content (AvgIpc) is 2.28.